The maximum absolute atomic E-state index is 4.71. The molecule has 7 nitrogen and oxygen atoms in total. The predicted octanol–water partition coefficient (Wildman–Crippen LogP) is 3.68. The number of nitrogens with one attached hydrogen (secondary N) is 2. The van der Waals surface area contributed by atoms with Gasteiger partial charge in [0.2, 0.25) is 0 Å². The van der Waals surface area contributed by atoms with Crippen LogP contribution in [-0.2, 0) is 13.1 Å². The van der Waals surface area contributed by atoms with E-state index in [9.17, 15) is 0 Å². The molecule has 0 radical (unpaired) electrons. The van der Waals surface area contributed by atoms with E-state index in [4.69, 9.17) is 4.99 Å². The van der Waals surface area contributed by atoms with Crippen LogP contribution in [0.25, 0.3) is 16.7 Å². The van der Waals surface area contributed by atoms with Crippen LogP contribution in [0, 0.1) is 6.92 Å². The van der Waals surface area contributed by atoms with Gasteiger partial charge in [0.1, 0.15) is 5.82 Å². The van der Waals surface area contributed by atoms with E-state index in [0.29, 0.717) is 6.54 Å². The molecule has 0 aliphatic carbocycles. The van der Waals surface area contributed by atoms with Gasteiger partial charge in [-0.05, 0) is 44.5 Å². The van der Waals surface area contributed by atoms with E-state index in [0.717, 1.165) is 54.6 Å². The molecule has 0 bridgehead atoms. The first-order chi connectivity index (χ1) is 15.2. The summed E-state index contributed by atoms with van der Waals surface area (Å²) in [5, 5.41) is 11.2. The first kappa shape index (κ1) is 20.7. The van der Waals surface area contributed by atoms with Crippen molar-refractivity contribution in [3.63, 3.8) is 0 Å². The second-order valence-corrected chi connectivity index (χ2v) is 7.40. The van der Waals surface area contributed by atoms with Gasteiger partial charge in [-0.1, -0.05) is 30.3 Å². The van der Waals surface area contributed by atoms with Crippen LogP contribution >= 0.6 is 0 Å². The molecule has 31 heavy (non-hydrogen) atoms. The van der Waals surface area contributed by atoms with Crippen molar-refractivity contribution in [3.05, 3.63) is 78.4 Å². The standard InChI is InChI=1S/C24H29N7/c1-3-25-24(27-16-20-17-28-31(18-20)21-10-5-4-6-11-21)26-14-9-15-30-19(2)29-22-12-7-8-13-23(22)30/h4-8,10-13,17-18H,3,9,14-16H2,1-2H3,(H2,25,26,27). The molecular formula is C24H29N7. The number of benzene rings is 2. The number of nitrogens with zero attached hydrogens (tertiary/aromatic N) is 5. The molecule has 2 aromatic carbocycles. The molecular weight excluding hydrogens is 386 g/mol. The summed E-state index contributed by atoms with van der Waals surface area (Å²) in [4.78, 5) is 9.36. The molecule has 0 unspecified atom stereocenters. The van der Waals surface area contributed by atoms with Crippen LogP contribution < -0.4 is 10.6 Å². The van der Waals surface area contributed by atoms with Gasteiger partial charge in [0.15, 0.2) is 5.96 Å². The van der Waals surface area contributed by atoms with Crippen molar-refractivity contribution in [2.24, 2.45) is 4.99 Å². The summed E-state index contributed by atoms with van der Waals surface area (Å²) in [5.41, 5.74) is 4.36. The Kier molecular flexibility index (Phi) is 6.62. The zero-order valence-corrected chi connectivity index (χ0v) is 18.1. The van der Waals surface area contributed by atoms with E-state index in [1.165, 1.54) is 5.52 Å². The fraction of sp³-hybridized carbons (Fsp3) is 0.292. The van der Waals surface area contributed by atoms with Crippen LogP contribution in [0.2, 0.25) is 0 Å². The number of guanidine groups is 1. The number of imidazole rings is 1. The molecule has 4 aromatic rings. The second-order valence-electron chi connectivity index (χ2n) is 7.40. The summed E-state index contributed by atoms with van der Waals surface area (Å²) < 4.78 is 4.15. The number of hydrogen-bond donors (Lipinski definition) is 2. The van der Waals surface area contributed by atoms with E-state index < -0.39 is 0 Å². The van der Waals surface area contributed by atoms with Crippen molar-refractivity contribution < 1.29 is 0 Å². The Bertz CT molecular complexity index is 1140. The highest BCUT2D eigenvalue weighted by atomic mass is 15.3. The largest absolute Gasteiger partial charge is 0.357 e. The molecule has 0 aliphatic heterocycles. The maximum Gasteiger partial charge on any atom is 0.191 e. The van der Waals surface area contributed by atoms with Crippen molar-refractivity contribution in [3.8, 4) is 5.69 Å². The van der Waals surface area contributed by atoms with Crippen molar-refractivity contribution in [1.82, 2.24) is 30.0 Å². The van der Waals surface area contributed by atoms with Gasteiger partial charge in [0.05, 0.1) is 29.5 Å². The van der Waals surface area contributed by atoms with Gasteiger partial charge in [0.25, 0.3) is 0 Å². The number of aromatic nitrogens is 4. The van der Waals surface area contributed by atoms with Gasteiger partial charge in [-0.2, -0.15) is 5.10 Å². The third kappa shape index (κ3) is 5.12. The van der Waals surface area contributed by atoms with Crippen molar-refractivity contribution in [2.75, 3.05) is 13.1 Å². The maximum atomic E-state index is 4.71. The molecule has 7 heteroatoms. The van der Waals surface area contributed by atoms with Crippen LogP contribution in [0.5, 0.6) is 0 Å². The number of aliphatic imine (C=N–C) groups is 1. The van der Waals surface area contributed by atoms with Gasteiger partial charge in [0, 0.05) is 31.4 Å². The quantitative estimate of drug-likeness (QED) is 0.262. The van der Waals surface area contributed by atoms with Gasteiger partial charge in [-0.3, -0.25) is 0 Å². The zero-order chi connectivity index (χ0) is 21.5. The predicted molar refractivity (Wildman–Crippen MR) is 125 cm³/mol. The van der Waals surface area contributed by atoms with E-state index in [1.807, 2.05) is 53.5 Å². The van der Waals surface area contributed by atoms with Gasteiger partial charge in [-0.25, -0.2) is 14.7 Å². The lowest BCUT2D eigenvalue weighted by Crippen LogP contribution is -2.38. The zero-order valence-electron chi connectivity index (χ0n) is 18.1. The molecule has 0 fully saturated rings. The van der Waals surface area contributed by atoms with Crippen LogP contribution in [-0.4, -0.2) is 38.4 Å². The number of aryl methyl sites for hydroxylation is 2. The van der Waals surface area contributed by atoms with E-state index in [-0.39, 0.29) is 0 Å². The smallest absolute Gasteiger partial charge is 0.191 e. The van der Waals surface area contributed by atoms with E-state index >= 15 is 0 Å². The third-order valence-corrected chi connectivity index (χ3v) is 5.12. The molecule has 0 amide bonds. The molecule has 2 aromatic heterocycles. The molecule has 4 rings (SSSR count). The Hall–Kier alpha value is -3.61. The number of rotatable bonds is 8. The fourth-order valence-corrected chi connectivity index (χ4v) is 3.60. The van der Waals surface area contributed by atoms with Gasteiger partial charge in [-0.15, -0.1) is 0 Å². The Morgan fingerprint density at radius 3 is 2.68 bits per heavy atom. The first-order valence-corrected chi connectivity index (χ1v) is 10.8. The highest BCUT2D eigenvalue weighted by Gasteiger charge is 2.06. The van der Waals surface area contributed by atoms with Crippen LogP contribution in [0.3, 0.4) is 0 Å². The van der Waals surface area contributed by atoms with Crippen molar-refractivity contribution >= 4 is 17.0 Å². The first-order valence-electron chi connectivity index (χ1n) is 10.8. The van der Waals surface area contributed by atoms with E-state index in [1.54, 1.807) is 0 Å². The number of para-hydroxylation sites is 3. The molecule has 0 aliphatic rings. The number of fused-ring (bicyclic) bond motifs is 1. The Labute approximate surface area is 182 Å². The summed E-state index contributed by atoms with van der Waals surface area (Å²) in [5.74, 6) is 1.87. The highest BCUT2D eigenvalue weighted by Crippen LogP contribution is 2.15. The monoisotopic (exact) mass is 415 g/mol. The molecule has 2 N–H and O–H groups in total. The third-order valence-electron chi connectivity index (χ3n) is 5.12. The number of hydrogen-bond acceptors (Lipinski definition) is 3. The summed E-state index contributed by atoms with van der Waals surface area (Å²) in [6.07, 6.45) is 4.87. The lowest BCUT2D eigenvalue weighted by atomic mass is 10.3. The van der Waals surface area contributed by atoms with Gasteiger partial charge < -0.3 is 15.2 Å². The molecule has 160 valence electrons. The topological polar surface area (TPSA) is 72.1 Å². The lowest BCUT2D eigenvalue weighted by Gasteiger charge is -2.12. The summed E-state index contributed by atoms with van der Waals surface area (Å²) >= 11 is 0. The summed E-state index contributed by atoms with van der Waals surface area (Å²) in [6.45, 7) is 7.29. The van der Waals surface area contributed by atoms with Crippen LogP contribution in [0.4, 0.5) is 0 Å². The van der Waals surface area contributed by atoms with E-state index in [2.05, 4.69) is 57.3 Å². The second kappa shape index (κ2) is 9.93. The van der Waals surface area contributed by atoms with Gasteiger partial charge >= 0.3 is 0 Å². The Morgan fingerprint density at radius 1 is 1.03 bits per heavy atom. The molecule has 2 heterocycles. The molecule has 0 saturated heterocycles. The Morgan fingerprint density at radius 2 is 1.84 bits per heavy atom. The minimum absolute atomic E-state index is 0.577. The SMILES string of the molecule is CCNC(=NCc1cnn(-c2ccccc2)c1)NCCCn1c(C)nc2ccccc21. The lowest BCUT2D eigenvalue weighted by molar-refractivity contribution is 0.624. The van der Waals surface area contributed by atoms with Crippen molar-refractivity contribution in [1.29, 1.82) is 0 Å². The molecule has 0 atom stereocenters. The Balaban J connectivity index is 1.32. The average Bonchev–Trinajstić information content (AvgIpc) is 3.39. The average molecular weight is 416 g/mol. The molecule has 0 saturated carbocycles. The summed E-state index contributed by atoms with van der Waals surface area (Å²) in [6, 6.07) is 18.4. The molecule has 0 spiro atoms. The van der Waals surface area contributed by atoms with Crippen LogP contribution in [0.15, 0.2) is 72.0 Å². The minimum Gasteiger partial charge on any atom is -0.357 e. The van der Waals surface area contributed by atoms with Crippen LogP contribution in [0.1, 0.15) is 24.7 Å². The highest BCUT2D eigenvalue weighted by molar-refractivity contribution is 5.79. The van der Waals surface area contributed by atoms with Crippen molar-refractivity contribution in [2.45, 2.75) is 33.4 Å². The normalized spacial score (nSPS) is 11.7. The minimum atomic E-state index is 0.577. The fourth-order valence-electron chi connectivity index (χ4n) is 3.60. The summed E-state index contributed by atoms with van der Waals surface area (Å²) in [7, 11) is 0.